The molecule has 2 aromatic carbocycles. The summed E-state index contributed by atoms with van der Waals surface area (Å²) in [4.78, 5) is 26.3. The molecule has 1 aliphatic heterocycles. The number of morpholine rings is 1. The fourth-order valence-corrected chi connectivity index (χ4v) is 4.51. The van der Waals surface area contributed by atoms with E-state index in [1.165, 1.54) is 41.2 Å². The van der Waals surface area contributed by atoms with Crippen LogP contribution in [-0.4, -0.2) is 37.0 Å². The molecule has 4 rings (SSSR count). The highest BCUT2D eigenvalue weighted by atomic mass is 32.1. The van der Waals surface area contributed by atoms with E-state index >= 15 is 0 Å². The molecule has 0 radical (unpaired) electrons. The quantitative estimate of drug-likeness (QED) is 0.348. The molecular formula is C22H20N2O4S. The third kappa shape index (κ3) is 4.06. The molecule has 1 aromatic heterocycles. The molecule has 0 atom stereocenters. The Balaban J connectivity index is 1.72. The Morgan fingerprint density at radius 2 is 1.72 bits per heavy atom. The number of rotatable bonds is 5. The molecule has 148 valence electrons. The number of anilines is 1. The summed E-state index contributed by atoms with van der Waals surface area (Å²) in [5.41, 5.74) is 3.69. The van der Waals surface area contributed by atoms with Crippen LogP contribution in [-0.2, 0) is 4.74 Å². The summed E-state index contributed by atoms with van der Waals surface area (Å²) in [5, 5.41) is 11.9. The van der Waals surface area contributed by atoms with Crippen LogP contribution in [0.25, 0.3) is 11.1 Å². The van der Waals surface area contributed by atoms with Gasteiger partial charge in [0, 0.05) is 36.3 Å². The van der Waals surface area contributed by atoms with Gasteiger partial charge in [-0.1, -0.05) is 29.8 Å². The number of carbonyl (C=O) groups excluding carboxylic acids is 1. The molecule has 0 spiro atoms. The fourth-order valence-electron chi connectivity index (χ4n) is 3.31. The highest BCUT2D eigenvalue weighted by Gasteiger charge is 2.23. The van der Waals surface area contributed by atoms with Gasteiger partial charge in [0.2, 0.25) is 5.78 Å². The topological polar surface area (TPSA) is 72.7 Å². The molecule has 0 saturated carbocycles. The average molecular weight is 408 g/mol. The number of ketones is 1. The van der Waals surface area contributed by atoms with Crippen molar-refractivity contribution in [2.45, 2.75) is 6.92 Å². The summed E-state index contributed by atoms with van der Waals surface area (Å²) in [6.45, 7) is 4.94. The summed E-state index contributed by atoms with van der Waals surface area (Å²) in [7, 11) is 0. The Morgan fingerprint density at radius 3 is 2.34 bits per heavy atom. The first kappa shape index (κ1) is 19.3. The molecule has 0 N–H and O–H groups in total. The highest BCUT2D eigenvalue weighted by Crippen LogP contribution is 2.40. The molecule has 2 heterocycles. The number of nitro benzene ring substituents is 1. The van der Waals surface area contributed by atoms with Crippen molar-refractivity contribution in [3.05, 3.63) is 80.7 Å². The molecule has 6 nitrogen and oxygen atoms in total. The number of hydrogen-bond donors (Lipinski definition) is 0. The molecule has 0 bridgehead atoms. The first-order chi connectivity index (χ1) is 14.0. The van der Waals surface area contributed by atoms with Gasteiger partial charge in [-0.05, 0) is 30.7 Å². The van der Waals surface area contributed by atoms with Gasteiger partial charge in [-0.3, -0.25) is 14.9 Å². The van der Waals surface area contributed by atoms with Gasteiger partial charge in [-0.15, -0.1) is 11.3 Å². The van der Waals surface area contributed by atoms with Crippen molar-refractivity contribution in [3.63, 3.8) is 0 Å². The van der Waals surface area contributed by atoms with Crippen LogP contribution in [0, 0.1) is 17.0 Å². The van der Waals surface area contributed by atoms with Gasteiger partial charge in [0.15, 0.2) is 0 Å². The Morgan fingerprint density at radius 1 is 1.07 bits per heavy atom. The normalized spacial score (nSPS) is 14.0. The van der Waals surface area contributed by atoms with Crippen LogP contribution in [0.2, 0.25) is 0 Å². The minimum Gasteiger partial charge on any atom is -0.378 e. The van der Waals surface area contributed by atoms with E-state index in [0.717, 1.165) is 29.2 Å². The van der Waals surface area contributed by atoms with E-state index in [1.54, 1.807) is 0 Å². The maximum atomic E-state index is 13.1. The summed E-state index contributed by atoms with van der Waals surface area (Å²) in [5.74, 6) is -0.127. The van der Waals surface area contributed by atoms with E-state index in [9.17, 15) is 14.9 Å². The van der Waals surface area contributed by atoms with Gasteiger partial charge in [-0.2, -0.15) is 0 Å². The van der Waals surface area contributed by atoms with Crippen molar-refractivity contribution in [2.75, 3.05) is 31.2 Å². The zero-order chi connectivity index (χ0) is 20.4. The van der Waals surface area contributed by atoms with Gasteiger partial charge in [0.05, 0.1) is 28.0 Å². The van der Waals surface area contributed by atoms with Crippen LogP contribution in [0.5, 0.6) is 0 Å². The molecule has 0 aliphatic carbocycles. The van der Waals surface area contributed by atoms with Crippen molar-refractivity contribution in [3.8, 4) is 11.1 Å². The van der Waals surface area contributed by atoms with Crippen molar-refractivity contribution in [2.24, 2.45) is 0 Å². The van der Waals surface area contributed by atoms with Gasteiger partial charge < -0.3 is 9.64 Å². The number of aryl methyl sites for hydroxylation is 1. The molecule has 0 unspecified atom stereocenters. The number of non-ortho nitro benzene ring substituents is 1. The van der Waals surface area contributed by atoms with Gasteiger partial charge in [0.25, 0.3) is 5.69 Å². The largest absolute Gasteiger partial charge is 0.378 e. The SMILES string of the molecule is Cc1ccc(-c2cc(C(=O)c3ccc([N+](=O)[O-])cc3)sc2N2CCOCC2)cc1. The third-order valence-electron chi connectivity index (χ3n) is 4.94. The average Bonchev–Trinajstić information content (AvgIpc) is 3.20. The van der Waals surface area contributed by atoms with E-state index < -0.39 is 4.92 Å². The minimum absolute atomic E-state index is 0.0259. The van der Waals surface area contributed by atoms with Crippen LogP contribution in [0.4, 0.5) is 10.7 Å². The number of ether oxygens (including phenoxy) is 1. The number of nitrogens with zero attached hydrogens (tertiary/aromatic N) is 2. The van der Waals surface area contributed by atoms with Crippen LogP contribution in [0.15, 0.2) is 54.6 Å². The van der Waals surface area contributed by atoms with Crippen LogP contribution >= 0.6 is 11.3 Å². The van der Waals surface area contributed by atoms with Crippen molar-refractivity contribution < 1.29 is 14.5 Å². The smallest absolute Gasteiger partial charge is 0.269 e. The predicted octanol–water partition coefficient (Wildman–Crippen LogP) is 4.70. The van der Waals surface area contributed by atoms with Crippen molar-refractivity contribution in [1.29, 1.82) is 0 Å². The predicted molar refractivity (Wildman–Crippen MR) is 114 cm³/mol. The molecule has 1 aliphatic rings. The van der Waals surface area contributed by atoms with Gasteiger partial charge >= 0.3 is 0 Å². The zero-order valence-corrected chi connectivity index (χ0v) is 16.8. The second-order valence-corrected chi connectivity index (χ2v) is 7.96. The minimum atomic E-state index is -0.467. The third-order valence-corrected chi connectivity index (χ3v) is 6.13. The summed E-state index contributed by atoms with van der Waals surface area (Å²) < 4.78 is 5.48. The maximum Gasteiger partial charge on any atom is 0.269 e. The summed E-state index contributed by atoms with van der Waals surface area (Å²) in [6, 6.07) is 16.0. The van der Waals surface area contributed by atoms with Crippen LogP contribution in [0.3, 0.4) is 0 Å². The first-order valence-electron chi connectivity index (χ1n) is 9.35. The summed E-state index contributed by atoms with van der Waals surface area (Å²) >= 11 is 1.47. The Bertz CT molecular complexity index is 1040. The zero-order valence-electron chi connectivity index (χ0n) is 16.0. The van der Waals surface area contributed by atoms with E-state index in [4.69, 9.17) is 4.74 Å². The van der Waals surface area contributed by atoms with Crippen molar-refractivity contribution in [1.82, 2.24) is 0 Å². The number of benzene rings is 2. The van der Waals surface area contributed by atoms with Crippen LogP contribution in [0.1, 0.15) is 20.8 Å². The first-order valence-corrected chi connectivity index (χ1v) is 10.2. The highest BCUT2D eigenvalue weighted by molar-refractivity contribution is 7.18. The Kier molecular flexibility index (Phi) is 5.42. The van der Waals surface area contributed by atoms with E-state index in [2.05, 4.69) is 29.2 Å². The lowest BCUT2D eigenvalue weighted by Crippen LogP contribution is -2.35. The molecular weight excluding hydrogens is 388 g/mol. The lowest BCUT2D eigenvalue weighted by Gasteiger charge is -2.28. The second kappa shape index (κ2) is 8.14. The molecule has 29 heavy (non-hydrogen) atoms. The molecule has 7 heteroatoms. The van der Waals surface area contributed by atoms with E-state index in [-0.39, 0.29) is 11.5 Å². The van der Waals surface area contributed by atoms with Gasteiger partial charge in [-0.25, -0.2) is 0 Å². The monoisotopic (exact) mass is 408 g/mol. The lowest BCUT2D eigenvalue weighted by atomic mass is 10.0. The second-order valence-electron chi connectivity index (χ2n) is 6.93. The number of nitro groups is 1. The van der Waals surface area contributed by atoms with E-state index in [1.807, 2.05) is 13.0 Å². The standard InChI is InChI=1S/C22H20N2O4S/c1-15-2-4-16(5-3-15)19-14-20(29-22(19)23-10-12-28-13-11-23)21(25)17-6-8-18(9-7-17)24(26)27/h2-9,14H,10-13H2,1H3. The molecule has 1 saturated heterocycles. The number of carbonyl (C=O) groups is 1. The Hall–Kier alpha value is -3.03. The summed E-state index contributed by atoms with van der Waals surface area (Å²) in [6.07, 6.45) is 0. The maximum absolute atomic E-state index is 13.1. The molecule has 1 fully saturated rings. The van der Waals surface area contributed by atoms with Crippen LogP contribution < -0.4 is 4.90 Å². The van der Waals surface area contributed by atoms with Gasteiger partial charge in [0.1, 0.15) is 0 Å². The number of hydrogen-bond acceptors (Lipinski definition) is 6. The number of thiophene rings is 1. The fraction of sp³-hybridized carbons (Fsp3) is 0.227. The molecule has 3 aromatic rings. The van der Waals surface area contributed by atoms with E-state index in [0.29, 0.717) is 23.7 Å². The van der Waals surface area contributed by atoms with Crippen molar-refractivity contribution >= 4 is 27.8 Å². The lowest BCUT2D eigenvalue weighted by molar-refractivity contribution is -0.384. The molecule has 0 amide bonds. The Labute approximate surface area is 172 Å².